The van der Waals surface area contributed by atoms with Gasteiger partial charge < -0.3 is 4.57 Å². The van der Waals surface area contributed by atoms with Crippen LogP contribution in [0.4, 0.5) is 0 Å². The Balaban J connectivity index is 1.66. The molecule has 1 saturated carbocycles. The van der Waals surface area contributed by atoms with E-state index in [0.29, 0.717) is 38.8 Å². The van der Waals surface area contributed by atoms with Gasteiger partial charge in [0.05, 0.1) is 12.9 Å². The van der Waals surface area contributed by atoms with Crippen LogP contribution in [0.25, 0.3) is 0 Å². The van der Waals surface area contributed by atoms with Crippen molar-refractivity contribution in [2.75, 3.05) is 32.4 Å². The minimum absolute atomic E-state index is 0.536. The summed E-state index contributed by atoms with van der Waals surface area (Å²) in [6, 6.07) is 0. The second-order valence-corrected chi connectivity index (χ2v) is 8.24. The Labute approximate surface area is 130 Å². The van der Waals surface area contributed by atoms with Crippen molar-refractivity contribution < 1.29 is 8.42 Å². The molecule has 2 aliphatic rings. The van der Waals surface area contributed by atoms with E-state index in [1.165, 1.54) is 23.4 Å². The summed E-state index contributed by atoms with van der Waals surface area (Å²) in [6.45, 7) is 3.13. The largest absolute Gasteiger partial charge is 0.307 e. The molecule has 3 rings (SSSR count). The lowest BCUT2D eigenvalue weighted by Gasteiger charge is -2.32. The lowest BCUT2D eigenvalue weighted by Crippen LogP contribution is -2.48. The molecule has 0 unspecified atom stereocenters. The third-order valence-electron chi connectivity index (χ3n) is 4.15. The van der Waals surface area contributed by atoms with Gasteiger partial charge in [-0.25, -0.2) is 13.1 Å². The zero-order chi connectivity index (χ0) is 15.2. The molecule has 1 aliphatic carbocycles. The standard InChI is InChI=1S/C12H21N5O2S2/c1-14-11(10-3-4-10)13-17(12(14)20)9-15-5-7-16(8-6-15)21(2,18)19/h10H,3-9H2,1-2H3. The summed E-state index contributed by atoms with van der Waals surface area (Å²) in [7, 11) is -1.10. The Hall–Kier alpha value is -0.770. The molecule has 1 aromatic heterocycles. The molecular weight excluding hydrogens is 310 g/mol. The maximum absolute atomic E-state index is 11.5. The Morgan fingerprint density at radius 2 is 1.86 bits per heavy atom. The second kappa shape index (κ2) is 5.45. The van der Waals surface area contributed by atoms with Crippen LogP contribution in [0.3, 0.4) is 0 Å². The normalized spacial score (nSPS) is 21.8. The number of piperazine rings is 1. The molecule has 1 aliphatic heterocycles. The highest BCUT2D eigenvalue weighted by Crippen LogP contribution is 2.38. The van der Waals surface area contributed by atoms with Gasteiger partial charge in [0.15, 0.2) is 4.77 Å². The third kappa shape index (κ3) is 3.20. The van der Waals surface area contributed by atoms with Crippen LogP contribution in [0.5, 0.6) is 0 Å². The highest BCUT2D eigenvalue weighted by Gasteiger charge is 2.29. The van der Waals surface area contributed by atoms with Gasteiger partial charge in [-0.15, -0.1) is 0 Å². The van der Waals surface area contributed by atoms with E-state index in [-0.39, 0.29) is 0 Å². The molecule has 2 fully saturated rings. The monoisotopic (exact) mass is 331 g/mol. The van der Waals surface area contributed by atoms with Crippen molar-refractivity contribution in [3.8, 4) is 0 Å². The Bertz CT molecular complexity index is 681. The topological polar surface area (TPSA) is 63.4 Å². The summed E-state index contributed by atoms with van der Waals surface area (Å²) in [5, 5.41) is 4.64. The van der Waals surface area contributed by atoms with Gasteiger partial charge in [0, 0.05) is 39.1 Å². The summed E-state index contributed by atoms with van der Waals surface area (Å²) in [5.74, 6) is 1.65. The van der Waals surface area contributed by atoms with E-state index >= 15 is 0 Å². The van der Waals surface area contributed by atoms with Crippen LogP contribution in [-0.4, -0.2) is 64.4 Å². The van der Waals surface area contributed by atoms with Crippen molar-refractivity contribution in [2.24, 2.45) is 7.05 Å². The van der Waals surface area contributed by atoms with Gasteiger partial charge in [-0.3, -0.25) is 4.90 Å². The lowest BCUT2D eigenvalue weighted by atomic mass is 10.4. The Morgan fingerprint density at radius 3 is 2.38 bits per heavy atom. The maximum atomic E-state index is 11.5. The van der Waals surface area contributed by atoms with Crippen LogP contribution in [0.15, 0.2) is 0 Å². The van der Waals surface area contributed by atoms with E-state index < -0.39 is 10.0 Å². The average molecular weight is 331 g/mol. The van der Waals surface area contributed by atoms with E-state index in [2.05, 4.69) is 10.00 Å². The minimum Gasteiger partial charge on any atom is -0.307 e. The summed E-state index contributed by atoms with van der Waals surface area (Å²) in [4.78, 5) is 2.20. The van der Waals surface area contributed by atoms with Crippen molar-refractivity contribution in [3.63, 3.8) is 0 Å². The summed E-state index contributed by atoms with van der Waals surface area (Å²) < 4.78 is 29.1. The van der Waals surface area contributed by atoms with Crippen LogP contribution in [0, 0.1) is 4.77 Å². The van der Waals surface area contributed by atoms with E-state index in [4.69, 9.17) is 12.2 Å². The van der Waals surface area contributed by atoms with Gasteiger partial charge in [0.25, 0.3) is 0 Å². The molecule has 0 N–H and O–H groups in total. The highest BCUT2D eigenvalue weighted by atomic mass is 32.2. The molecule has 2 heterocycles. The lowest BCUT2D eigenvalue weighted by molar-refractivity contribution is 0.145. The first-order valence-corrected chi connectivity index (χ1v) is 9.43. The molecule has 9 heteroatoms. The smallest absolute Gasteiger partial charge is 0.211 e. The fourth-order valence-corrected chi connectivity index (χ4v) is 3.70. The molecule has 0 aromatic carbocycles. The summed E-state index contributed by atoms with van der Waals surface area (Å²) >= 11 is 5.44. The molecule has 118 valence electrons. The van der Waals surface area contributed by atoms with Gasteiger partial charge in [0.1, 0.15) is 5.82 Å². The second-order valence-electron chi connectivity index (χ2n) is 5.90. The Kier molecular flexibility index (Phi) is 3.93. The van der Waals surface area contributed by atoms with Gasteiger partial charge in [0.2, 0.25) is 10.0 Å². The highest BCUT2D eigenvalue weighted by molar-refractivity contribution is 7.88. The molecule has 0 bridgehead atoms. The SMILES string of the molecule is Cn1c(C2CC2)nn(CN2CCN(S(C)(=O)=O)CC2)c1=S. The number of nitrogens with zero attached hydrogens (tertiary/aromatic N) is 5. The number of aromatic nitrogens is 3. The minimum atomic E-state index is -3.08. The third-order valence-corrected chi connectivity index (χ3v) is 5.94. The fourth-order valence-electron chi connectivity index (χ4n) is 2.69. The molecule has 1 saturated heterocycles. The first-order chi connectivity index (χ1) is 9.86. The van der Waals surface area contributed by atoms with Crippen molar-refractivity contribution in [3.05, 3.63) is 10.6 Å². The van der Waals surface area contributed by atoms with Gasteiger partial charge in [-0.2, -0.15) is 9.40 Å². The van der Waals surface area contributed by atoms with E-state index in [1.807, 2.05) is 16.3 Å². The van der Waals surface area contributed by atoms with Crippen LogP contribution >= 0.6 is 12.2 Å². The summed E-state index contributed by atoms with van der Waals surface area (Å²) in [6.07, 6.45) is 3.67. The first kappa shape index (κ1) is 15.1. The Morgan fingerprint density at radius 1 is 1.24 bits per heavy atom. The van der Waals surface area contributed by atoms with Crippen LogP contribution in [0.2, 0.25) is 0 Å². The molecule has 0 radical (unpaired) electrons. The van der Waals surface area contributed by atoms with Crippen molar-refractivity contribution in [2.45, 2.75) is 25.4 Å². The quantitative estimate of drug-likeness (QED) is 0.746. The van der Waals surface area contributed by atoms with Crippen LogP contribution in [-0.2, 0) is 23.7 Å². The van der Waals surface area contributed by atoms with Gasteiger partial charge in [-0.05, 0) is 25.1 Å². The zero-order valence-electron chi connectivity index (χ0n) is 12.4. The molecule has 1 aromatic rings. The predicted molar refractivity (Wildman–Crippen MR) is 82.0 cm³/mol. The maximum Gasteiger partial charge on any atom is 0.211 e. The van der Waals surface area contributed by atoms with Crippen LogP contribution < -0.4 is 0 Å². The number of hydrogen-bond donors (Lipinski definition) is 0. The van der Waals surface area contributed by atoms with E-state index in [1.54, 1.807) is 0 Å². The molecule has 0 amide bonds. The van der Waals surface area contributed by atoms with E-state index in [9.17, 15) is 8.42 Å². The zero-order valence-corrected chi connectivity index (χ0v) is 14.0. The van der Waals surface area contributed by atoms with E-state index in [0.717, 1.165) is 10.6 Å². The molecule has 7 nitrogen and oxygen atoms in total. The number of hydrogen-bond acceptors (Lipinski definition) is 5. The fraction of sp³-hybridized carbons (Fsp3) is 0.833. The van der Waals surface area contributed by atoms with Crippen molar-refractivity contribution in [1.29, 1.82) is 0 Å². The van der Waals surface area contributed by atoms with Gasteiger partial charge in [-0.1, -0.05) is 0 Å². The van der Waals surface area contributed by atoms with Crippen molar-refractivity contribution in [1.82, 2.24) is 23.6 Å². The van der Waals surface area contributed by atoms with Crippen LogP contribution in [0.1, 0.15) is 24.6 Å². The molecular formula is C12H21N5O2S2. The average Bonchev–Trinajstić information content (AvgIpc) is 3.22. The molecule has 21 heavy (non-hydrogen) atoms. The predicted octanol–water partition coefficient (Wildman–Crippen LogP) is 0.363. The van der Waals surface area contributed by atoms with Gasteiger partial charge >= 0.3 is 0 Å². The molecule has 0 spiro atoms. The van der Waals surface area contributed by atoms with Crippen molar-refractivity contribution >= 4 is 22.2 Å². The first-order valence-electron chi connectivity index (χ1n) is 7.17. The number of rotatable bonds is 4. The summed E-state index contributed by atoms with van der Waals surface area (Å²) in [5.41, 5.74) is 0. The number of sulfonamides is 1. The molecule has 0 atom stereocenters.